The van der Waals surface area contributed by atoms with E-state index >= 15 is 0 Å². The van der Waals surface area contributed by atoms with Gasteiger partial charge >= 0.3 is 0 Å². The summed E-state index contributed by atoms with van der Waals surface area (Å²) in [6, 6.07) is 2.62. The maximum absolute atomic E-state index is 13.7. The number of carbonyl (C=O) groups is 2. The average Bonchev–Trinajstić information content (AvgIpc) is 3.02. The van der Waals surface area contributed by atoms with E-state index in [9.17, 15) is 9.59 Å². The van der Waals surface area contributed by atoms with E-state index in [-0.39, 0.29) is 27.9 Å². The molecule has 1 aromatic rings. The Morgan fingerprint density at radius 2 is 1.57 bits per heavy atom. The molecule has 0 radical (unpaired) electrons. The van der Waals surface area contributed by atoms with Crippen molar-refractivity contribution in [3.8, 4) is 0 Å². The monoisotopic (exact) mass is 521 g/mol. The first-order valence-electron chi connectivity index (χ1n) is 12.7. The third-order valence-electron chi connectivity index (χ3n) is 7.75. The van der Waals surface area contributed by atoms with Crippen LogP contribution in [-0.4, -0.2) is 69.2 Å². The van der Waals surface area contributed by atoms with Gasteiger partial charge in [0.2, 0.25) is 5.91 Å². The van der Waals surface area contributed by atoms with Crippen LogP contribution in [0.15, 0.2) is 24.5 Å². The lowest BCUT2D eigenvalue weighted by Crippen LogP contribution is -2.57. The number of rotatable bonds is 7. The topological polar surface area (TPSA) is 80.8 Å². The van der Waals surface area contributed by atoms with Crippen LogP contribution in [0.4, 0.5) is 0 Å². The first-order chi connectivity index (χ1) is 15.8. The Bertz CT molecular complexity index is 892. The van der Waals surface area contributed by atoms with E-state index in [1.165, 1.54) is 0 Å². The average molecular weight is 522 g/mol. The van der Waals surface area contributed by atoms with Crippen LogP contribution in [0.25, 0.3) is 0 Å². The highest BCUT2D eigenvalue weighted by atomic mass is 28.4. The SMILES string of the molecule is CC(C)NC(=O)C1[C@H](O[Si](C)(C)C(C)(C)C)[C@@H](O[Si](C)(C)C(C)(C)C)CN1C(=O)c1cccnc1. The fraction of sp³-hybridized carbons (Fsp3) is 0.731. The van der Waals surface area contributed by atoms with Crippen molar-refractivity contribution in [1.82, 2.24) is 15.2 Å². The summed E-state index contributed by atoms with van der Waals surface area (Å²) >= 11 is 0. The Balaban J connectivity index is 2.60. The van der Waals surface area contributed by atoms with Crippen molar-refractivity contribution in [2.24, 2.45) is 0 Å². The highest BCUT2D eigenvalue weighted by Crippen LogP contribution is 2.43. The number of amides is 2. The molecule has 35 heavy (non-hydrogen) atoms. The second kappa shape index (κ2) is 10.4. The molecule has 0 aliphatic carbocycles. The quantitative estimate of drug-likeness (QED) is 0.498. The van der Waals surface area contributed by atoms with E-state index in [1.807, 2.05) is 13.8 Å². The molecule has 3 atom stereocenters. The predicted molar refractivity (Wildman–Crippen MR) is 146 cm³/mol. The van der Waals surface area contributed by atoms with Gasteiger partial charge in [0.05, 0.1) is 11.7 Å². The highest BCUT2D eigenvalue weighted by molar-refractivity contribution is 6.74. The lowest BCUT2D eigenvalue weighted by molar-refractivity contribution is -0.128. The van der Waals surface area contributed by atoms with Gasteiger partial charge in [0, 0.05) is 25.0 Å². The maximum Gasteiger partial charge on any atom is 0.256 e. The van der Waals surface area contributed by atoms with E-state index in [4.69, 9.17) is 8.85 Å². The molecule has 2 heterocycles. The standard InChI is InChI=1S/C26H47N3O4Si2/c1-18(2)28-23(30)21-22(33-35(11,12)26(6,7)8)20(32-34(9,10)25(3,4)5)17-29(21)24(31)19-14-13-15-27-16-19/h13-16,18,20-22H,17H2,1-12H3,(H,28,30)/t20-,21?,22+/m0/s1. The van der Waals surface area contributed by atoms with Crippen molar-refractivity contribution in [2.45, 2.75) is 116 Å². The summed E-state index contributed by atoms with van der Waals surface area (Å²) in [5.74, 6) is -0.436. The first kappa shape index (κ1) is 29.7. The highest BCUT2D eigenvalue weighted by Gasteiger charge is 2.55. The lowest BCUT2D eigenvalue weighted by Gasteiger charge is -2.43. The summed E-state index contributed by atoms with van der Waals surface area (Å²) in [7, 11) is -4.52. The fourth-order valence-electron chi connectivity index (χ4n) is 3.63. The van der Waals surface area contributed by atoms with Gasteiger partial charge in [-0.05, 0) is 62.2 Å². The van der Waals surface area contributed by atoms with Crippen molar-refractivity contribution >= 4 is 28.4 Å². The number of nitrogens with zero attached hydrogens (tertiary/aromatic N) is 2. The molecule has 1 aliphatic heterocycles. The van der Waals surface area contributed by atoms with Gasteiger partial charge in [0.1, 0.15) is 12.1 Å². The number of hydrogen-bond acceptors (Lipinski definition) is 5. The van der Waals surface area contributed by atoms with E-state index in [1.54, 1.807) is 29.4 Å². The molecule has 0 bridgehead atoms. The van der Waals surface area contributed by atoms with Gasteiger partial charge in [-0.2, -0.15) is 0 Å². The van der Waals surface area contributed by atoms with Gasteiger partial charge in [0.25, 0.3) is 5.91 Å². The Morgan fingerprint density at radius 1 is 1.03 bits per heavy atom. The molecule has 9 heteroatoms. The molecule has 0 saturated carbocycles. The molecule has 1 fully saturated rings. The summed E-state index contributed by atoms with van der Waals surface area (Å²) < 4.78 is 13.8. The summed E-state index contributed by atoms with van der Waals surface area (Å²) in [5.41, 5.74) is 0.453. The molecule has 198 valence electrons. The van der Waals surface area contributed by atoms with Crippen LogP contribution in [0, 0.1) is 0 Å². The van der Waals surface area contributed by atoms with Crippen LogP contribution in [0.2, 0.25) is 36.3 Å². The maximum atomic E-state index is 13.7. The van der Waals surface area contributed by atoms with Crippen LogP contribution >= 0.6 is 0 Å². The lowest BCUT2D eigenvalue weighted by atomic mass is 10.1. The van der Waals surface area contributed by atoms with Gasteiger partial charge in [-0.25, -0.2) is 0 Å². The van der Waals surface area contributed by atoms with Crippen LogP contribution in [0.5, 0.6) is 0 Å². The molecule has 1 saturated heterocycles. The second-order valence-corrected chi connectivity index (χ2v) is 22.6. The van der Waals surface area contributed by atoms with Gasteiger partial charge in [-0.3, -0.25) is 14.6 Å². The molecule has 1 aromatic heterocycles. The van der Waals surface area contributed by atoms with Gasteiger partial charge < -0.3 is 19.1 Å². The normalized spacial score (nSPS) is 22.0. The number of likely N-dealkylation sites (tertiary alicyclic amines) is 1. The molecular formula is C26H47N3O4Si2. The van der Waals surface area contributed by atoms with Gasteiger partial charge in [-0.15, -0.1) is 0 Å². The molecule has 1 N–H and O–H groups in total. The Morgan fingerprint density at radius 3 is 2.03 bits per heavy atom. The van der Waals surface area contributed by atoms with Crippen molar-refractivity contribution in [3.63, 3.8) is 0 Å². The Hall–Kier alpha value is -1.56. The van der Waals surface area contributed by atoms with Crippen molar-refractivity contribution in [2.75, 3.05) is 6.54 Å². The molecule has 2 rings (SSSR count). The fourth-order valence-corrected chi connectivity index (χ4v) is 6.27. The third-order valence-corrected chi connectivity index (χ3v) is 16.7. The zero-order valence-corrected chi connectivity index (χ0v) is 25.9. The molecule has 1 unspecified atom stereocenters. The number of pyridine rings is 1. The van der Waals surface area contributed by atoms with Gasteiger partial charge in [0.15, 0.2) is 16.6 Å². The minimum Gasteiger partial charge on any atom is -0.409 e. The van der Waals surface area contributed by atoms with Gasteiger partial charge in [-0.1, -0.05) is 41.5 Å². The summed E-state index contributed by atoms with van der Waals surface area (Å²) in [6.45, 7) is 26.0. The summed E-state index contributed by atoms with van der Waals surface area (Å²) in [5, 5.41) is 2.95. The molecule has 0 aromatic carbocycles. The molecule has 1 aliphatic rings. The van der Waals surface area contributed by atoms with E-state index in [0.29, 0.717) is 12.1 Å². The van der Waals surface area contributed by atoms with E-state index in [2.05, 4.69) is 78.0 Å². The number of nitrogens with one attached hydrogen (secondary N) is 1. The van der Waals surface area contributed by atoms with Crippen LogP contribution in [0.1, 0.15) is 65.7 Å². The smallest absolute Gasteiger partial charge is 0.256 e. The summed E-state index contributed by atoms with van der Waals surface area (Å²) in [6.07, 6.45) is 2.24. The van der Waals surface area contributed by atoms with Crippen molar-refractivity contribution in [3.05, 3.63) is 30.1 Å². The number of carbonyl (C=O) groups excluding carboxylic acids is 2. The Kier molecular flexibility index (Phi) is 8.85. The molecule has 2 amide bonds. The van der Waals surface area contributed by atoms with Crippen molar-refractivity contribution < 1.29 is 18.4 Å². The number of aromatic nitrogens is 1. The summed E-state index contributed by atoms with van der Waals surface area (Å²) in [4.78, 5) is 33.1. The molecule has 7 nitrogen and oxygen atoms in total. The van der Waals surface area contributed by atoms with Crippen LogP contribution < -0.4 is 5.32 Å². The third kappa shape index (κ3) is 6.81. The molecular weight excluding hydrogens is 474 g/mol. The zero-order chi connectivity index (χ0) is 27.0. The van der Waals surface area contributed by atoms with Crippen molar-refractivity contribution in [1.29, 1.82) is 0 Å². The molecule has 0 spiro atoms. The number of hydrogen-bond donors (Lipinski definition) is 1. The minimum absolute atomic E-state index is 0.0228. The minimum atomic E-state index is -2.30. The zero-order valence-electron chi connectivity index (χ0n) is 23.9. The van der Waals surface area contributed by atoms with Crippen LogP contribution in [-0.2, 0) is 13.6 Å². The largest absolute Gasteiger partial charge is 0.409 e. The predicted octanol–water partition coefficient (Wildman–Crippen LogP) is 5.21. The van der Waals surface area contributed by atoms with E-state index < -0.39 is 34.9 Å². The second-order valence-electron chi connectivity index (χ2n) is 13.1. The first-order valence-corrected chi connectivity index (χ1v) is 18.5. The van der Waals surface area contributed by atoms with E-state index in [0.717, 1.165) is 0 Å². The van der Waals surface area contributed by atoms with Crippen LogP contribution in [0.3, 0.4) is 0 Å². The Labute approximate surface area is 214 Å².